The Labute approximate surface area is 136 Å². The molecule has 0 saturated heterocycles. The molecule has 2 amide bonds. The summed E-state index contributed by atoms with van der Waals surface area (Å²) in [5.41, 5.74) is 6.96. The highest BCUT2D eigenvalue weighted by atomic mass is 16.4. The summed E-state index contributed by atoms with van der Waals surface area (Å²) in [6, 6.07) is 13.5. The topological polar surface area (TPSA) is 107 Å². The molecule has 1 aromatic heterocycles. The number of rotatable bonds is 5. The van der Waals surface area contributed by atoms with Crippen LogP contribution in [0.3, 0.4) is 0 Å². The summed E-state index contributed by atoms with van der Waals surface area (Å²) < 4.78 is 6.51. The molecule has 0 atom stereocenters. The number of amides is 2. The molecule has 3 aromatic rings. The number of anilines is 1. The van der Waals surface area contributed by atoms with E-state index in [2.05, 4.69) is 5.32 Å². The molecule has 0 unspecified atom stereocenters. The van der Waals surface area contributed by atoms with Gasteiger partial charge in [0.1, 0.15) is 0 Å². The van der Waals surface area contributed by atoms with Gasteiger partial charge in [-0.25, -0.2) is 4.79 Å². The zero-order chi connectivity index (χ0) is 17.1. The van der Waals surface area contributed by atoms with Crippen LogP contribution in [0.5, 0.6) is 0 Å². The minimum absolute atomic E-state index is 0.0521. The van der Waals surface area contributed by atoms with Crippen LogP contribution in [0.4, 0.5) is 5.69 Å². The first-order chi connectivity index (χ1) is 11.6. The summed E-state index contributed by atoms with van der Waals surface area (Å²) in [5.74, 6) is -1.47. The van der Waals surface area contributed by atoms with Crippen LogP contribution in [0.1, 0.15) is 16.8 Å². The molecule has 0 aliphatic heterocycles. The highest BCUT2D eigenvalue weighted by molar-refractivity contribution is 6.02. The van der Waals surface area contributed by atoms with Crippen LogP contribution >= 0.6 is 0 Å². The Morgan fingerprint density at radius 2 is 1.79 bits per heavy atom. The lowest BCUT2D eigenvalue weighted by atomic mass is 10.1. The summed E-state index contributed by atoms with van der Waals surface area (Å²) in [7, 11) is 0. The van der Waals surface area contributed by atoms with Crippen molar-refractivity contribution < 1.29 is 14.0 Å². The van der Waals surface area contributed by atoms with Gasteiger partial charge in [-0.2, -0.15) is 0 Å². The third-order valence-corrected chi connectivity index (χ3v) is 3.60. The van der Waals surface area contributed by atoms with Gasteiger partial charge in [0.2, 0.25) is 5.91 Å². The van der Waals surface area contributed by atoms with Crippen molar-refractivity contribution in [3.8, 4) is 0 Å². The molecule has 122 valence electrons. The second-order valence-electron chi connectivity index (χ2n) is 5.20. The molecule has 3 N–H and O–H groups in total. The first-order valence-electron chi connectivity index (χ1n) is 7.33. The first kappa shape index (κ1) is 15.5. The number of nitrogens with one attached hydrogen (secondary N) is 1. The number of para-hydroxylation sites is 3. The second-order valence-corrected chi connectivity index (χ2v) is 5.20. The van der Waals surface area contributed by atoms with Crippen molar-refractivity contribution in [2.45, 2.75) is 13.0 Å². The van der Waals surface area contributed by atoms with Crippen molar-refractivity contribution in [3.63, 3.8) is 0 Å². The highest BCUT2D eigenvalue weighted by Crippen LogP contribution is 2.15. The van der Waals surface area contributed by atoms with E-state index in [4.69, 9.17) is 10.2 Å². The van der Waals surface area contributed by atoms with E-state index in [-0.39, 0.29) is 24.4 Å². The fourth-order valence-electron chi connectivity index (χ4n) is 2.46. The van der Waals surface area contributed by atoms with E-state index in [0.29, 0.717) is 16.8 Å². The van der Waals surface area contributed by atoms with Crippen LogP contribution in [-0.2, 0) is 11.3 Å². The van der Waals surface area contributed by atoms with E-state index in [0.717, 1.165) is 0 Å². The van der Waals surface area contributed by atoms with Gasteiger partial charge in [-0.05, 0) is 24.3 Å². The highest BCUT2D eigenvalue weighted by Gasteiger charge is 2.13. The largest absolute Gasteiger partial charge is 0.419 e. The molecule has 0 aliphatic rings. The molecule has 0 spiro atoms. The first-order valence-corrected chi connectivity index (χ1v) is 7.33. The smallest absolute Gasteiger partial charge is 0.408 e. The minimum atomic E-state index is -0.622. The number of benzene rings is 2. The van der Waals surface area contributed by atoms with E-state index in [1.165, 1.54) is 10.6 Å². The van der Waals surface area contributed by atoms with Gasteiger partial charge in [-0.15, -0.1) is 0 Å². The Hall–Kier alpha value is -3.35. The molecular weight excluding hydrogens is 310 g/mol. The van der Waals surface area contributed by atoms with Gasteiger partial charge in [0.25, 0.3) is 5.91 Å². The maximum absolute atomic E-state index is 12.1. The molecule has 3 rings (SSSR count). The SMILES string of the molecule is NC(=O)c1ccccc1NC(=O)CCn1c(=O)oc2ccccc21. The molecule has 0 fully saturated rings. The molecule has 0 radical (unpaired) electrons. The number of nitrogens with zero attached hydrogens (tertiary/aromatic N) is 1. The van der Waals surface area contributed by atoms with Crippen LogP contribution < -0.4 is 16.8 Å². The number of oxazole rings is 1. The Morgan fingerprint density at radius 1 is 1.08 bits per heavy atom. The van der Waals surface area contributed by atoms with Gasteiger partial charge in [-0.3, -0.25) is 14.2 Å². The molecule has 0 aliphatic carbocycles. The number of fused-ring (bicyclic) bond motifs is 1. The number of hydrogen-bond donors (Lipinski definition) is 2. The van der Waals surface area contributed by atoms with Gasteiger partial charge >= 0.3 is 5.76 Å². The normalized spacial score (nSPS) is 10.7. The molecular formula is C17H15N3O4. The summed E-state index contributed by atoms with van der Waals surface area (Å²) >= 11 is 0. The van der Waals surface area contributed by atoms with Crippen molar-refractivity contribution in [2.75, 3.05) is 5.32 Å². The molecule has 7 nitrogen and oxygen atoms in total. The summed E-state index contributed by atoms with van der Waals surface area (Å²) in [4.78, 5) is 35.3. The van der Waals surface area contributed by atoms with E-state index in [9.17, 15) is 14.4 Å². The molecule has 1 heterocycles. The Kier molecular flexibility index (Phi) is 4.15. The van der Waals surface area contributed by atoms with Crippen LogP contribution in [0, 0.1) is 0 Å². The predicted octanol–water partition coefficient (Wildman–Crippen LogP) is 1.72. The van der Waals surface area contributed by atoms with Crippen molar-refractivity contribution in [1.29, 1.82) is 0 Å². The Morgan fingerprint density at radius 3 is 2.58 bits per heavy atom. The van der Waals surface area contributed by atoms with Crippen molar-refractivity contribution >= 4 is 28.6 Å². The maximum Gasteiger partial charge on any atom is 0.419 e. The number of carbonyl (C=O) groups is 2. The van der Waals surface area contributed by atoms with Gasteiger partial charge in [-0.1, -0.05) is 24.3 Å². The molecule has 0 bridgehead atoms. The van der Waals surface area contributed by atoms with E-state index in [1.54, 1.807) is 42.5 Å². The van der Waals surface area contributed by atoms with E-state index in [1.807, 2.05) is 0 Å². The third-order valence-electron chi connectivity index (χ3n) is 3.60. The molecule has 7 heteroatoms. The van der Waals surface area contributed by atoms with Crippen molar-refractivity contribution in [3.05, 3.63) is 64.6 Å². The van der Waals surface area contributed by atoms with Crippen LogP contribution in [0.2, 0.25) is 0 Å². The van der Waals surface area contributed by atoms with Gasteiger partial charge < -0.3 is 15.5 Å². The average molecular weight is 325 g/mol. The number of nitrogens with two attached hydrogens (primary N) is 1. The number of aryl methyl sites for hydroxylation is 1. The molecule has 2 aromatic carbocycles. The lowest BCUT2D eigenvalue weighted by Gasteiger charge is -2.08. The fraction of sp³-hybridized carbons (Fsp3) is 0.118. The zero-order valence-corrected chi connectivity index (χ0v) is 12.7. The molecule has 24 heavy (non-hydrogen) atoms. The predicted molar refractivity (Wildman–Crippen MR) is 88.7 cm³/mol. The summed E-state index contributed by atoms with van der Waals surface area (Å²) in [5, 5.41) is 2.64. The standard InChI is InChI=1S/C17H15N3O4/c18-16(22)11-5-1-2-6-12(11)19-15(21)9-10-20-13-7-3-4-8-14(13)24-17(20)23/h1-8H,9-10H2,(H2,18,22)(H,19,21). The lowest BCUT2D eigenvalue weighted by Crippen LogP contribution is -2.21. The fourth-order valence-corrected chi connectivity index (χ4v) is 2.46. The van der Waals surface area contributed by atoms with Crippen molar-refractivity contribution in [2.24, 2.45) is 5.73 Å². The lowest BCUT2D eigenvalue weighted by molar-refractivity contribution is -0.116. The van der Waals surface area contributed by atoms with E-state index >= 15 is 0 Å². The average Bonchev–Trinajstić information content (AvgIpc) is 2.88. The van der Waals surface area contributed by atoms with Crippen LogP contribution in [0.15, 0.2) is 57.7 Å². The van der Waals surface area contributed by atoms with Gasteiger partial charge in [0.05, 0.1) is 16.8 Å². The number of hydrogen-bond acceptors (Lipinski definition) is 4. The zero-order valence-electron chi connectivity index (χ0n) is 12.7. The third kappa shape index (κ3) is 3.05. The Balaban J connectivity index is 1.73. The second kappa shape index (κ2) is 6.41. The van der Waals surface area contributed by atoms with Gasteiger partial charge in [0.15, 0.2) is 5.58 Å². The maximum atomic E-state index is 12.1. The van der Waals surface area contributed by atoms with Crippen LogP contribution in [0.25, 0.3) is 11.1 Å². The summed E-state index contributed by atoms with van der Waals surface area (Å²) in [6.07, 6.45) is 0.0521. The van der Waals surface area contributed by atoms with Crippen LogP contribution in [-0.4, -0.2) is 16.4 Å². The Bertz CT molecular complexity index is 971. The minimum Gasteiger partial charge on any atom is -0.408 e. The number of carbonyl (C=O) groups excluding carboxylic acids is 2. The number of primary amides is 1. The molecule has 0 saturated carbocycles. The van der Waals surface area contributed by atoms with Crippen molar-refractivity contribution in [1.82, 2.24) is 4.57 Å². The quantitative estimate of drug-likeness (QED) is 0.744. The van der Waals surface area contributed by atoms with E-state index < -0.39 is 11.7 Å². The summed E-state index contributed by atoms with van der Waals surface area (Å²) in [6.45, 7) is 0.167. The number of aromatic nitrogens is 1. The monoisotopic (exact) mass is 325 g/mol. The van der Waals surface area contributed by atoms with Gasteiger partial charge in [0, 0.05) is 13.0 Å².